The third-order valence-corrected chi connectivity index (χ3v) is 8.21. The molecule has 1 aliphatic heterocycles. The SMILES string of the molecule is CC(C)(C)[Si](C)(C)OC[C@@H]1CNC[C@H](O)CO1. The van der Waals surface area contributed by atoms with Crippen molar-refractivity contribution in [1.82, 2.24) is 5.32 Å². The number of rotatable bonds is 3. The van der Waals surface area contributed by atoms with Crippen molar-refractivity contribution in [3.63, 3.8) is 0 Å². The van der Waals surface area contributed by atoms with Crippen LogP contribution >= 0.6 is 0 Å². The molecule has 0 unspecified atom stereocenters. The van der Waals surface area contributed by atoms with Crippen LogP contribution < -0.4 is 5.32 Å². The average molecular weight is 261 g/mol. The van der Waals surface area contributed by atoms with Gasteiger partial charge < -0.3 is 19.6 Å². The largest absolute Gasteiger partial charge is 0.414 e. The summed E-state index contributed by atoms with van der Waals surface area (Å²) in [6.07, 6.45) is -0.339. The molecule has 0 amide bonds. The highest BCUT2D eigenvalue weighted by Gasteiger charge is 2.37. The molecular formula is C12H27NO3Si. The zero-order valence-electron chi connectivity index (χ0n) is 11.7. The fraction of sp³-hybridized carbons (Fsp3) is 1.00. The number of aliphatic hydroxyl groups excluding tert-OH is 1. The summed E-state index contributed by atoms with van der Waals surface area (Å²) < 4.78 is 11.7. The maximum atomic E-state index is 9.44. The first-order valence-electron chi connectivity index (χ1n) is 6.37. The molecular weight excluding hydrogens is 234 g/mol. The number of hydrogen-bond acceptors (Lipinski definition) is 4. The molecule has 0 bridgehead atoms. The fourth-order valence-electron chi connectivity index (χ4n) is 1.40. The highest BCUT2D eigenvalue weighted by Crippen LogP contribution is 2.36. The molecule has 102 valence electrons. The zero-order chi connectivity index (χ0) is 13.1. The monoisotopic (exact) mass is 261 g/mol. The van der Waals surface area contributed by atoms with Crippen LogP contribution in [-0.4, -0.2) is 51.9 Å². The van der Waals surface area contributed by atoms with Gasteiger partial charge in [-0.25, -0.2) is 0 Å². The smallest absolute Gasteiger partial charge is 0.192 e. The van der Waals surface area contributed by atoms with Crippen LogP contribution in [0.3, 0.4) is 0 Å². The Morgan fingerprint density at radius 2 is 2.00 bits per heavy atom. The Morgan fingerprint density at radius 1 is 1.35 bits per heavy atom. The normalized spacial score (nSPS) is 27.9. The summed E-state index contributed by atoms with van der Waals surface area (Å²) in [5.41, 5.74) is 0. The van der Waals surface area contributed by atoms with E-state index < -0.39 is 14.4 Å². The zero-order valence-corrected chi connectivity index (χ0v) is 12.7. The summed E-state index contributed by atoms with van der Waals surface area (Å²) in [4.78, 5) is 0. The molecule has 0 spiro atoms. The number of hydrogen-bond donors (Lipinski definition) is 2. The van der Waals surface area contributed by atoms with Gasteiger partial charge in [-0.15, -0.1) is 0 Å². The van der Waals surface area contributed by atoms with Gasteiger partial charge in [0.25, 0.3) is 0 Å². The molecule has 0 radical (unpaired) electrons. The maximum absolute atomic E-state index is 9.44. The Bertz CT molecular complexity index is 240. The average Bonchev–Trinajstić information content (AvgIpc) is 2.38. The molecule has 1 fully saturated rings. The predicted octanol–water partition coefficient (Wildman–Crippen LogP) is 1.36. The van der Waals surface area contributed by atoms with Gasteiger partial charge in [-0.2, -0.15) is 0 Å². The number of ether oxygens (including phenoxy) is 1. The summed E-state index contributed by atoms with van der Waals surface area (Å²) in [6, 6.07) is 0. The van der Waals surface area contributed by atoms with Crippen LogP contribution in [0.2, 0.25) is 18.1 Å². The predicted molar refractivity (Wildman–Crippen MR) is 71.8 cm³/mol. The summed E-state index contributed by atoms with van der Waals surface area (Å²) in [5, 5.41) is 12.9. The van der Waals surface area contributed by atoms with Crippen molar-refractivity contribution in [2.75, 3.05) is 26.3 Å². The van der Waals surface area contributed by atoms with Gasteiger partial charge in [-0.3, -0.25) is 0 Å². The summed E-state index contributed by atoms with van der Waals surface area (Å²) in [5.74, 6) is 0. The Labute approximate surface area is 106 Å². The minimum absolute atomic E-state index is 0.0567. The van der Waals surface area contributed by atoms with Crippen LogP contribution in [0.25, 0.3) is 0 Å². The van der Waals surface area contributed by atoms with E-state index in [9.17, 15) is 5.11 Å². The van der Waals surface area contributed by atoms with Gasteiger partial charge >= 0.3 is 0 Å². The van der Waals surface area contributed by atoms with Crippen molar-refractivity contribution in [3.8, 4) is 0 Å². The van der Waals surface area contributed by atoms with Crippen LogP contribution in [-0.2, 0) is 9.16 Å². The van der Waals surface area contributed by atoms with Gasteiger partial charge in [0, 0.05) is 13.1 Å². The van der Waals surface area contributed by atoms with Crippen LogP contribution in [0.4, 0.5) is 0 Å². The molecule has 0 aromatic heterocycles. The Balaban J connectivity index is 2.40. The minimum Gasteiger partial charge on any atom is -0.414 e. The van der Waals surface area contributed by atoms with E-state index in [1.54, 1.807) is 0 Å². The Morgan fingerprint density at radius 3 is 2.59 bits per heavy atom. The molecule has 2 atom stereocenters. The molecule has 1 heterocycles. The highest BCUT2D eigenvalue weighted by atomic mass is 28.4. The van der Waals surface area contributed by atoms with Crippen LogP contribution in [0.5, 0.6) is 0 Å². The molecule has 1 saturated heterocycles. The highest BCUT2D eigenvalue weighted by molar-refractivity contribution is 6.74. The van der Waals surface area contributed by atoms with Gasteiger partial charge in [0.05, 0.1) is 25.4 Å². The van der Waals surface area contributed by atoms with E-state index in [1.165, 1.54) is 0 Å². The second-order valence-electron chi connectivity index (χ2n) is 6.34. The van der Waals surface area contributed by atoms with Gasteiger partial charge in [0.15, 0.2) is 8.32 Å². The Kier molecular flexibility index (Phi) is 5.16. The fourth-order valence-corrected chi connectivity index (χ4v) is 2.44. The summed E-state index contributed by atoms with van der Waals surface area (Å²) in [7, 11) is -1.69. The Hall–Kier alpha value is 0.0569. The van der Waals surface area contributed by atoms with Crippen molar-refractivity contribution in [2.24, 2.45) is 0 Å². The molecule has 1 aliphatic rings. The van der Waals surface area contributed by atoms with Gasteiger partial charge in [0.1, 0.15) is 0 Å². The number of nitrogens with one attached hydrogen (secondary N) is 1. The van der Waals surface area contributed by atoms with Crippen molar-refractivity contribution in [3.05, 3.63) is 0 Å². The van der Waals surface area contributed by atoms with E-state index in [2.05, 4.69) is 39.2 Å². The molecule has 5 heteroatoms. The molecule has 0 aromatic carbocycles. The lowest BCUT2D eigenvalue weighted by Crippen LogP contribution is -2.44. The van der Waals surface area contributed by atoms with E-state index in [0.717, 1.165) is 6.54 Å². The van der Waals surface area contributed by atoms with Crippen molar-refractivity contribution < 1.29 is 14.3 Å². The van der Waals surface area contributed by atoms with E-state index in [-0.39, 0.29) is 11.1 Å². The standard InChI is InChI=1S/C12H27NO3Si/c1-12(2,3)17(4,5)16-9-11-7-13-6-10(14)8-15-11/h10-11,13-14H,6-9H2,1-5H3/t10-,11-/m0/s1. The molecule has 17 heavy (non-hydrogen) atoms. The van der Waals surface area contributed by atoms with Crippen LogP contribution in [0.1, 0.15) is 20.8 Å². The van der Waals surface area contributed by atoms with Crippen molar-refractivity contribution in [1.29, 1.82) is 0 Å². The third-order valence-electron chi connectivity index (χ3n) is 3.71. The van der Waals surface area contributed by atoms with Crippen molar-refractivity contribution in [2.45, 2.75) is 51.1 Å². The second kappa shape index (κ2) is 5.80. The summed E-state index contributed by atoms with van der Waals surface area (Å²) in [6.45, 7) is 13.6. The van der Waals surface area contributed by atoms with E-state index in [0.29, 0.717) is 19.8 Å². The van der Waals surface area contributed by atoms with Gasteiger partial charge in [-0.1, -0.05) is 20.8 Å². The first-order chi connectivity index (χ1) is 7.72. The minimum atomic E-state index is -1.69. The second-order valence-corrected chi connectivity index (χ2v) is 11.1. The van der Waals surface area contributed by atoms with Crippen molar-refractivity contribution >= 4 is 8.32 Å². The van der Waals surface area contributed by atoms with Crippen LogP contribution in [0.15, 0.2) is 0 Å². The first kappa shape index (κ1) is 15.1. The third kappa shape index (κ3) is 4.67. The van der Waals surface area contributed by atoms with Gasteiger partial charge in [0.2, 0.25) is 0 Å². The molecule has 4 nitrogen and oxygen atoms in total. The van der Waals surface area contributed by atoms with E-state index in [4.69, 9.17) is 9.16 Å². The molecule has 0 aliphatic carbocycles. The van der Waals surface area contributed by atoms with Gasteiger partial charge in [-0.05, 0) is 18.1 Å². The molecule has 0 saturated carbocycles. The lowest BCUT2D eigenvalue weighted by atomic mass is 10.2. The van der Waals surface area contributed by atoms with E-state index in [1.807, 2.05) is 0 Å². The van der Waals surface area contributed by atoms with Crippen LogP contribution in [0, 0.1) is 0 Å². The lowest BCUT2D eigenvalue weighted by Gasteiger charge is -2.37. The first-order valence-corrected chi connectivity index (χ1v) is 9.27. The number of aliphatic hydroxyl groups is 1. The molecule has 2 N–H and O–H groups in total. The number of β-amino-alcohol motifs (C(OH)–C–C–N with tert-alkyl or cyclic N) is 1. The quantitative estimate of drug-likeness (QED) is 0.753. The molecule has 0 aromatic rings. The lowest BCUT2D eigenvalue weighted by molar-refractivity contribution is -0.00838. The maximum Gasteiger partial charge on any atom is 0.192 e. The topological polar surface area (TPSA) is 50.7 Å². The summed E-state index contributed by atoms with van der Waals surface area (Å²) >= 11 is 0. The van der Waals surface area contributed by atoms with E-state index >= 15 is 0 Å². The molecule has 1 rings (SSSR count).